The number of carbonyl (C=O) groups is 1. The second kappa shape index (κ2) is 7.42. The Hall–Kier alpha value is -1.91. The van der Waals surface area contributed by atoms with Crippen LogP contribution < -0.4 is 9.47 Å². The van der Waals surface area contributed by atoms with E-state index in [-0.39, 0.29) is 11.7 Å². The van der Waals surface area contributed by atoms with Crippen molar-refractivity contribution >= 4 is 5.97 Å². The molecular formula is C13H18O5. The van der Waals surface area contributed by atoms with Crippen molar-refractivity contribution in [2.75, 3.05) is 20.3 Å². The third-order valence-corrected chi connectivity index (χ3v) is 2.25. The van der Waals surface area contributed by atoms with Gasteiger partial charge in [0, 0.05) is 12.5 Å². The quantitative estimate of drug-likeness (QED) is 0.596. The lowest BCUT2D eigenvalue weighted by Crippen LogP contribution is -2.06. The molecule has 0 fully saturated rings. The molecule has 1 N–H and O–H groups in total. The summed E-state index contributed by atoms with van der Waals surface area (Å²) in [5.74, 6) is 0.798. The number of benzene rings is 1. The third-order valence-electron chi connectivity index (χ3n) is 2.25. The summed E-state index contributed by atoms with van der Waals surface area (Å²) >= 11 is 0. The molecular weight excluding hydrogens is 236 g/mol. The molecule has 0 aliphatic rings. The van der Waals surface area contributed by atoms with Gasteiger partial charge in [-0.25, -0.2) is 0 Å². The van der Waals surface area contributed by atoms with Gasteiger partial charge in [0.25, 0.3) is 0 Å². The fourth-order valence-corrected chi connectivity index (χ4v) is 1.39. The Balaban J connectivity index is 2.33. The number of phenols is 1. The van der Waals surface area contributed by atoms with Crippen LogP contribution in [0, 0.1) is 0 Å². The van der Waals surface area contributed by atoms with Crippen molar-refractivity contribution in [1.29, 1.82) is 0 Å². The first-order valence-corrected chi connectivity index (χ1v) is 5.82. The van der Waals surface area contributed by atoms with E-state index in [4.69, 9.17) is 14.2 Å². The molecule has 0 spiro atoms. The van der Waals surface area contributed by atoms with E-state index in [1.807, 2.05) is 0 Å². The number of methoxy groups -OCH3 is 1. The van der Waals surface area contributed by atoms with Crippen LogP contribution in [-0.4, -0.2) is 31.4 Å². The van der Waals surface area contributed by atoms with E-state index < -0.39 is 0 Å². The van der Waals surface area contributed by atoms with E-state index in [0.29, 0.717) is 37.6 Å². The van der Waals surface area contributed by atoms with Gasteiger partial charge in [-0.1, -0.05) is 0 Å². The Kier molecular flexibility index (Phi) is 5.84. The molecule has 1 rings (SSSR count). The number of hydrogen-bond acceptors (Lipinski definition) is 5. The van der Waals surface area contributed by atoms with Gasteiger partial charge in [0.2, 0.25) is 0 Å². The number of hydrogen-bond donors (Lipinski definition) is 1. The molecule has 0 bridgehead atoms. The van der Waals surface area contributed by atoms with Crippen molar-refractivity contribution in [3.63, 3.8) is 0 Å². The lowest BCUT2D eigenvalue weighted by Gasteiger charge is -2.08. The minimum absolute atomic E-state index is 0.0661. The molecule has 1 aromatic rings. The highest BCUT2D eigenvalue weighted by atomic mass is 16.5. The van der Waals surface area contributed by atoms with Gasteiger partial charge in [0.1, 0.15) is 5.75 Å². The predicted molar refractivity (Wildman–Crippen MR) is 66.0 cm³/mol. The zero-order chi connectivity index (χ0) is 13.4. The summed E-state index contributed by atoms with van der Waals surface area (Å²) in [6.45, 7) is 2.58. The molecule has 5 heteroatoms. The molecule has 0 saturated heterocycles. The van der Waals surface area contributed by atoms with Crippen molar-refractivity contribution in [3.8, 4) is 17.2 Å². The Labute approximate surface area is 106 Å². The number of carbonyl (C=O) groups excluding carboxylic acids is 1. The van der Waals surface area contributed by atoms with Gasteiger partial charge in [-0.3, -0.25) is 4.79 Å². The summed E-state index contributed by atoms with van der Waals surface area (Å²) in [5.41, 5.74) is 0. The highest BCUT2D eigenvalue weighted by Gasteiger charge is 2.04. The summed E-state index contributed by atoms with van der Waals surface area (Å²) in [5, 5.41) is 9.40. The molecule has 0 amide bonds. The number of esters is 1. The van der Waals surface area contributed by atoms with E-state index in [9.17, 15) is 9.90 Å². The molecule has 0 aliphatic heterocycles. The van der Waals surface area contributed by atoms with Gasteiger partial charge in [0.15, 0.2) is 11.5 Å². The molecule has 100 valence electrons. The topological polar surface area (TPSA) is 65.0 Å². The van der Waals surface area contributed by atoms with Gasteiger partial charge in [-0.15, -0.1) is 0 Å². The molecule has 1 aromatic carbocycles. The van der Waals surface area contributed by atoms with Crippen LogP contribution in [0.1, 0.15) is 19.8 Å². The first-order chi connectivity index (χ1) is 8.67. The van der Waals surface area contributed by atoms with Crippen LogP contribution in [0.3, 0.4) is 0 Å². The maximum absolute atomic E-state index is 11.1. The number of ether oxygens (including phenoxy) is 3. The Bertz CT molecular complexity index is 389. The monoisotopic (exact) mass is 254 g/mol. The van der Waals surface area contributed by atoms with Crippen molar-refractivity contribution in [3.05, 3.63) is 18.2 Å². The number of rotatable bonds is 7. The summed E-state index contributed by atoms with van der Waals surface area (Å²) in [7, 11) is 1.47. The summed E-state index contributed by atoms with van der Waals surface area (Å²) in [6.07, 6.45) is 0.922. The average Bonchev–Trinajstić information content (AvgIpc) is 2.37. The Morgan fingerprint density at radius 3 is 2.83 bits per heavy atom. The molecule has 0 aliphatic carbocycles. The van der Waals surface area contributed by atoms with Crippen molar-refractivity contribution in [1.82, 2.24) is 0 Å². The number of aromatic hydroxyl groups is 1. The van der Waals surface area contributed by atoms with E-state index in [0.717, 1.165) is 0 Å². The van der Waals surface area contributed by atoms with Crippen LogP contribution in [0.15, 0.2) is 18.2 Å². The molecule has 0 radical (unpaired) electrons. The van der Waals surface area contributed by atoms with Crippen molar-refractivity contribution in [2.24, 2.45) is 0 Å². The van der Waals surface area contributed by atoms with E-state index in [1.54, 1.807) is 19.1 Å². The minimum Gasteiger partial charge on any atom is -0.504 e. The van der Waals surface area contributed by atoms with E-state index in [2.05, 4.69) is 0 Å². The minimum atomic E-state index is -0.218. The maximum Gasteiger partial charge on any atom is 0.305 e. The second-order valence-corrected chi connectivity index (χ2v) is 3.59. The Morgan fingerprint density at radius 2 is 2.17 bits per heavy atom. The SMILES string of the molecule is CCOC(=O)CCCOc1ccc(O)c(OC)c1. The van der Waals surface area contributed by atoms with Gasteiger partial charge in [0.05, 0.1) is 20.3 Å². The lowest BCUT2D eigenvalue weighted by molar-refractivity contribution is -0.143. The summed E-state index contributed by atoms with van der Waals surface area (Å²) in [6, 6.07) is 4.74. The van der Waals surface area contributed by atoms with Crippen LogP contribution in [0.4, 0.5) is 0 Å². The fraction of sp³-hybridized carbons (Fsp3) is 0.462. The van der Waals surface area contributed by atoms with Crippen LogP contribution in [-0.2, 0) is 9.53 Å². The molecule has 18 heavy (non-hydrogen) atoms. The molecule has 0 heterocycles. The molecule has 0 atom stereocenters. The molecule has 5 nitrogen and oxygen atoms in total. The van der Waals surface area contributed by atoms with E-state index >= 15 is 0 Å². The largest absolute Gasteiger partial charge is 0.504 e. The second-order valence-electron chi connectivity index (χ2n) is 3.59. The maximum atomic E-state index is 11.1. The standard InChI is InChI=1S/C13H18O5/c1-3-17-13(15)5-4-8-18-10-6-7-11(14)12(9-10)16-2/h6-7,9,14H,3-5,8H2,1-2H3. The van der Waals surface area contributed by atoms with Gasteiger partial charge in [-0.2, -0.15) is 0 Å². The molecule has 0 unspecified atom stereocenters. The van der Waals surface area contributed by atoms with E-state index in [1.165, 1.54) is 13.2 Å². The Morgan fingerprint density at radius 1 is 1.39 bits per heavy atom. The smallest absolute Gasteiger partial charge is 0.305 e. The lowest BCUT2D eigenvalue weighted by atomic mass is 10.3. The van der Waals surface area contributed by atoms with Crippen molar-refractivity contribution in [2.45, 2.75) is 19.8 Å². The van der Waals surface area contributed by atoms with Crippen LogP contribution in [0.25, 0.3) is 0 Å². The zero-order valence-electron chi connectivity index (χ0n) is 10.6. The zero-order valence-corrected chi connectivity index (χ0v) is 10.6. The molecule has 0 aromatic heterocycles. The summed E-state index contributed by atoms with van der Waals surface area (Å²) < 4.78 is 15.2. The third kappa shape index (κ3) is 4.53. The summed E-state index contributed by atoms with van der Waals surface area (Å²) in [4.78, 5) is 11.1. The van der Waals surface area contributed by atoms with Gasteiger partial charge in [-0.05, 0) is 25.5 Å². The molecule has 0 saturated carbocycles. The highest BCUT2D eigenvalue weighted by molar-refractivity contribution is 5.69. The van der Waals surface area contributed by atoms with Crippen LogP contribution in [0.5, 0.6) is 17.2 Å². The first kappa shape index (κ1) is 14.2. The average molecular weight is 254 g/mol. The van der Waals surface area contributed by atoms with Gasteiger partial charge < -0.3 is 19.3 Å². The van der Waals surface area contributed by atoms with Crippen LogP contribution in [0.2, 0.25) is 0 Å². The fourth-order valence-electron chi connectivity index (χ4n) is 1.39. The first-order valence-electron chi connectivity index (χ1n) is 5.82. The normalized spacial score (nSPS) is 9.89. The predicted octanol–water partition coefficient (Wildman–Crippen LogP) is 2.12. The van der Waals surface area contributed by atoms with Crippen LogP contribution >= 0.6 is 0 Å². The van der Waals surface area contributed by atoms with Crippen molar-refractivity contribution < 1.29 is 24.1 Å². The number of phenolic OH excluding ortho intramolecular Hbond substituents is 1. The highest BCUT2D eigenvalue weighted by Crippen LogP contribution is 2.29. The van der Waals surface area contributed by atoms with Gasteiger partial charge >= 0.3 is 5.97 Å².